The maximum absolute atomic E-state index is 14.1. The van der Waals surface area contributed by atoms with Crippen molar-refractivity contribution in [3.63, 3.8) is 0 Å². The third-order valence-electron chi connectivity index (χ3n) is 7.87. The van der Waals surface area contributed by atoms with Crippen LogP contribution in [0.4, 0.5) is 11.4 Å². The zero-order valence-electron chi connectivity index (χ0n) is 24.1. The number of nitrogens with one attached hydrogen (secondary N) is 1. The fourth-order valence-corrected chi connectivity index (χ4v) is 5.90. The van der Waals surface area contributed by atoms with Gasteiger partial charge in [0.25, 0.3) is 0 Å². The van der Waals surface area contributed by atoms with Crippen LogP contribution in [0.25, 0.3) is 0 Å². The van der Waals surface area contributed by atoms with Crippen molar-refractivity contribution < 1.29 is 14.3 Å². The molecule has 1 N–H and O–H groups in total. The molecule has 0 saturated carbocycles. The van der Waals surface area contributed by atoms with Crippen molar-refractivity contribution in [2.45, 2.75) is 84.3 Å². The molecule has 3 aromatic carbocycles. The molecule has 40 heavy (non-hydrogen) atoms. The zero-order valence-corrected chi connectivity index (χ0v) is 24.1. The van der Waals surface area contributed by atoms with Gasteiger partial charge in [0.05, 0.1) is 23.5 Å². The third-order valence-corrected chi connectivity index (χ3v) is 7.87. The number of carbonyl (C=O) groups is 2. The average Bonchev–Trinajstić information content (AvgIpc) is 3.08. The molecule has 0 bridgehead atoms. The second-order valence-corrected chi connectivity index (χ2v) is 11.3. The van der Waals surface area contributed by atoms with Crippen LogP contribution in [0.15, 0.2) is 84.1 Å². The lowest BCUT2D eigenvalue weighted by molar-refractivity contribution is -0.119. The number of hydrogen-bond donors (Lipinski definition) is 1. The Kier molecular flexibility index (Phi) is 8.39. The Morgan fingerprint density at radius 1 is 0.950 bits per heavy atom. The summed E-state index contributed by atoms with van der Waals surface area (Å²) >= 11 is 0. The van der Waals surface area contributed by atoms with E-state index in [9.17, 15) is 9.59 Å². The number of unbranched alkanes of at least 4 members (excludes halogenated alkanes) is 2. The van der Waals surface area contributed by atoms with Crippen molar-refractivity contribution in [1.29, 1.82) is 0 Å². The highest BCUT2D eigenvalue weighted by molar-refractivity contribution is 6.06. The van der Waals surface area contributed by atoms with Crippen LogP contribution in [0, 0.1) is 6.92 Å². The Bertz CT molecular complexity index is 1390. The number of nitrogens with zero attached hydrogens (tertiary/aromatic N) is 1. The second kappa shape index (κ2) is 12.1. The lowest BCUT2D eigenvalue weighted by Crippen LogP contribution is -2.38. The summed E-state index contributed by atoms with van der Waals surface area (Å²) in [5.74, 6) is 0.986. The Hall–Kier alpha value is -3.86. The number of para-hydroxylation sites is 2. The molecule has 5 heteroatoms. The predicted octanol–water partition coefficient (Wildman–Crippen LogP) is 8.26. The summed E-state index contributed by atoms with van der Waals surface area (Å²) in [6, 6.07) is 23.8. The smallest absolute Gasteiger partial charge is 0.227 e. The molecule has 2 aliphatic rings. The van der Waals surface area contributed by atoms with Crippen molar-refractivity contribution in [2.75, 3.05) is 10.2 Å². The van der Waals surface area contributed by atoms with E-state index in [0.717, 1.165) is 47.6 Å². The summed E-state index contributed by atoms with van der Waals surface area (Å²) in [6.07, 6.45) is 4.49. The van der Waals surface area contributed by atoms with Crippen molar-refractivity contribution in [3.05, 3.63) is 101 Å². The van der Waals surface area contributed by atoms with E-state index in [-0.39, 0.29) is 23.7 Å². The standard InChI is InChI=1S/C35H40N2O3/c1-5-6-7-12-33(39)37-31-11-9-8-10-29(31)36-30-21-27(25-15-13-24(4)14-16-25)22-32(38)34(30)35(37)26-17-19-28(20-18-26)40-23(2)3/h8-11,13-20,23,27,35-36H,5-7,12,21-22H2,1-4H3/t27-,35-/m0/s1. The topological polar surface area (TPSA) is 58.6 Å². The molecule has 208 valence electrons. The van der Waals surface area contributed by atoms with Gasteiger partial charge in [-0.05, 0) is 74.9 Å². The first-order valence-corrected chi connectivity index (χ1v) is 14.6. The van der Waals surface area contributed by atoms with Gasteiger partial charge in [-0.25, -0.2) is 0 Å². The molecule has 3 aromatic rings. The van der Waals surface area contributed by atoms with Crippen molar-refractivity contribution >= 4 is 23.1 Å². The minimum absolute atomic E-state index is 0.0393. The van der Waals surface area contributed by atoms with Crippen LogP contribution in [0.2, 0.25) is 0 Å². The molecular weight excluding hydrogens is 496 g/mol. The molecule has 0 fully saturated rings. The third kappa shape index (κ3) is 5.84. The molecule has 0 radical (unpaired) electrons. The first-order chi connectivity index (χ1) is 19.4. The molecule has 1 aliphatic carbocycles. The van der Waals surface area contributed by atoms with Gasteiger partial charge in [0.2, 0.25) is 5.91 Å². The summed E-state index contributed by atoms with van der Waals surface area (Å²) in [5, 5.41) is 3.63. The number of anilines is 2. The molecular formula is C35H40N2O3. The summed E-state index contributed by atoms with van der Waals surface area (Å²) in [7, 11) is 0. The number of allylic oxidation sites excluding steroid dienone is 1. The molecule has 1 heterocycles. The van der Waals surface area contributed by atoms with E-state index >= 15 is 0 Å². The van der Waals surface area contributed by atoms with Crippen molar-refractivity contribution in [3.8, 4) is 5.75 Å². The van der Waals surface area contributed by atoms with Gasteiger partial charge >= 0.3 is 0 Å². The lowest BCUT2D eigenvalue weighted by Gasteiger charge is -2.35. The van der Waals surface area contributed by atoms with E-state index < -0.39 is 6.04 Å². The fourth-order valence-electron chi connectivity index (χ4n) is 5.90. The quantitative estimate of drug-likeness (QED) is 0.294. The number of rotatable bonds is 8. The van der Waals surface area contributed by atoms with Crippen LogP contribution in [0.3, 0.4) is 0 Å². The van der Waals surface area contributed by atoms with E-state index in [0.29, 0.717) is 24.8 Å². The van der Waals surface area contributed by atoms with Gasteiger partial charge < -0.3 is 10.1 Å². The highest BCUT2D eigenvalue weighted by Crippen LogP contribution is 2.47. The minimum Gasteiger partial charge on any atom is -0.491 e. The Morgan fingerprint density at radius 2 is 1.65 bits per heavy atom. The van der Waals surface area contributed by atoms with Gasteiger partial charge in [0.1, 0.15) is 5.75 Å². The number of ether oxygens (including phenoxy) is 1. The minimum atomic E-state index is -0.514. The van der Waals surface area contributed by atoms with E-state index in [4.69, 9.17) is 4.74 Å². The Labute approximate surface area is 238 Å². The number of ketones is 1. The first kappa shape index (κ1) is 27.7. The zero-order chi connectivity index (χ0) is 28.2. The highest BCUT2D eigenvalue weighted by atomic mass is 16.5. The van der Waals surface area contributed by atoms with Crippen LogP contribution < -0.4 is 15.0 Å². The van der Waals surface area contributed by atoms with Gasteiger partial charge in [-0.15, -0.1) is 0 Å². The van der Waals surface area contributed by atoms with Gasteiger partial charge in [0, 0.05) is 24.1 Å². The van der Waals surface area contributed by atoms with E-state index in [1.807, 2.05) is 67.3 Å². The number of hydrogen-bond acceptors (Lipinski definition) is 4. The number of aryl methyl sites for hydroxylation is 1. The highest BCUT2D eigenvalue weighted by Gasteiger charge is 2.41. The Balaban J connectivity index is 1.63. The average molecular weight is 537 g/mol. The van der Waals surface area contributed by atoms with Gasteiger partial charge in [-0.2, -0.15) is 0 Å². The number of carbonyl (C=O) groups excluding carboxylic acids is 2. The molecule has 0 aromatic heterocycles. The lowest BCUT2D eigenvalue weighted by atomic mass is 9.78. The summed E-state index contributed by atoms with van der Waals surface area (Å²) < 4.78 is 5.90. The maximum Gasteiger partial charge on any atom is 0.227 e. The van der Waals surface area contributed by atoms with Gasteiger partial charge in [0.15, 0.2) is 5.78 Å². The molecule has 0 spiro atoms. The molecule has 5 rings (SSSR count). The summed E-state index contributed by atoms with van der Waals surface area (Å²) in [6.45, 7) is 8.22. The number of amides is 1. The molecule has 2 atom stereocenters. The monoisotopic (exact) mass is 536 g/mol. The van der Waals surface area contributed by atoms with Crippen LogP contribution in [0.5, 0.6) is 5.75 Å². The van der Waals surface area contributed by atoms with Crippen LogP contribution in [-0.2, 0) is 9.59 Å². The fraction of sp³-hybridized carbons (Fsp3) is 0.371. The summed E-state index contributed by atoms with van der Waals surface area (Å²) in [5.41, 5.74) is 6.56. The first-order valence-electron chi connectivity index (χ1n) is 14.6. The summed E-state index contributed by atoms with van der Waals surface area (Å²) in [4.78, 5) is 30.0. The number of benzene rings is 3. The molecule has 1 aliphatic heterocycles. The largest absolute Gasteiger partial charge is 0.491 e. The van der Waals surface area contributed by atoms with Crippen LogP contribution >= 0.6 is 0 Å². The van der Waals surface area contributed by atoms with Crippen molar-refractivity contribution in [2.24, 2.45) is 0 Å². The van der Waals surface area contributed by atoms with E-state index in [2.05, 4.69) is 43.4 Å². The number of fused-ring (bicyclic) bond motifs is 1. The van der Waals surface area contributed by atoms with Crippen LogP contribution in [-0.4, -0.2) is 17.8 Å². The molecule has 0 unspecified atom stereocenters. The predicted molar refractivity (Wildman–Crippen MR) is 162 cm³/mol. The maximum atomic E-state index is 14.1. The normalized spacial score (nSPS) is 18.6. The number of Topliss-reactive ketones (excluding diaryl/α,β-unsaturated/α-hetero) is 1. The molecule has 5 nitrogen and oxygen atoms in total. The molecule has 0 saturated heterocycles. The van der Waals surface area contributed by atoms with Crippen LogP contribution in [0.1, 0.15) is 87.9 Å². The van der Waals surface area contributed by atoms with Gasteiger partial charge in [-0.1, -0.05) is 73.9 Å². The van der Waals surface area contributed by atoms with E-state index in [1.54, 1.807) is 0 Å². The van der Waals surface area contributed by atoms with Gasteiger partial charge in [-0.3, -0.25) is 14.5 Å². The second-order valence-electron chi connectivity index (χ2n) is 11.3. The van der Waals surface area contributed by atoms with Crippen molar-refractivity contribution in [1.82, 2.24) is 0 Å². The Morgan fingerprint density at radius 3 is 2.35 bits per heavy atom. The SMILES string of the molecule is CCCCCC(=O)N1c2ccccc2NC2=C(C(=O)C[C@@H](c3ccc(C)cc3)C2)[C@@H]1c1ccc(OC(C)C)cc1. The molecule has 1 amide bonds. The van der Waals surface area contributed by atoms with E-state index in [1.165, 1.54) is 11.1 Å².